The molecular weight excluding hydrogens is 443 g/mol. The lowest BCUT2D eigenvalue weighted by atomic mass is 9.95. The van der Waals surface area contributed by atoms with Gasteiger partial charge in [0.1, 0.15) is 22.6 Å². The average molecular weight is 469 g/mol. The van der Waals surface area contributed by atoms with Gasteiger partial charge in [0.25, 0.3) is 0 Å². The summed E-state index contributed by atoms with van der Waals surface area (Å²) in [5.41, 5.74) is 8.22. The minimum atomic E-state index is -0.209. The number of nitrogens with zero attached hydrogens (tertiary/aromatic N) is 2. The van der Waals surface area contributed by atoms with E-state index in [1.54, 1.807) is 13.2 Å². The predicted molar refractivity (Wildman–Crippen MR) is 139 cm³/mol. The number of benzene rings is 4. The van der Waals surface area contributed by atoms with Crippen LogP contribution in [0.3, 0.4) is 0 Å². The Labute approximate surface area is 203 Å². The number of methoxy groups -OCH3 is 1. The van der Waals surface area contributed by atoms with Gasteiger partial charge in [0.05, 0.1) is 18.8 Å². The second-order valence-corrected chi connectivity index (χ2v) is 8.87. The van der Waals surface area contributed by atoms with Crippen LogP contribution >= 0.6 is 11.7 Å². The molecule has 1 heterocycles. The van der Waals surface area contributed by atoms with E-state index < -0.39 is 0 Å². The molecule has 0 atom stereocenters. The molecule has 0 bridgehead atoms. The molecule has 0 fully saturated rings. The van der Waals surface area contributed by atoms with Gasteiger partial charge in [-0.05, 0) is 53.3 Å². The zero-order chi connectivity index (χ0) is 23.5. The zero-order valence-corrected chi connectivity index (χ0v) is 20.0. The number of hydrogen-bond acceptors (Lipinski definition) is 4. The van der Waals surface area contributed by atoms with E-state index in [1.165, 1.54) is 0 Å². The largest absolute Gasteiger partial charge is 0.497 e. The van der Waals surface area contributed by atoms with Gasteiger partial charge in [0.2, 0.25) is 0 Å². The summed E-state index contributed by atoms with van der Waals surface area (Å²) in [5, 5.41) is 0. The highest BCUT2D eigenvalue weighted by atomic mass is 32.1. The molecule has 0 saturated heterocycles. The highest BCUT2D eigenvalue weighted by Crippen LogP contribution is 2.36. The minimum Gasteiger partial charge on any atom is -0.497 e. The van der Waals surface area contributed by atoms with E-state index in [-0.39, 0.29) is 5.82 Å². The second-order valence-electron chi connectivity index (χ2n) is 8.35. The lowest BCUT2D eigenvalue weighted by molar-refractivity contribution is 0.415. The molecule has 1 aromatic heterocycles. The number of aryl methyl sites for hydroxylation is 1. The molecule has 4 aromatic carbocycles. The first-order valence-corrected chi connectivity index (χ1v) is 12.2. The van der Waals surface area contributed by atoms with Gasteiger partial charge in [-0.2, -0.15) is 8.75 Å². The van der Waals surface area contributed by atoms with Crippen LogP contribution in [0.1, 0.15) is 25.3 Å². The zero-order valence-electron chi connectivity index (χ0n) is 19.2. The quantitative estimate of drug-likeness (QED) is 0.241. The smallest absolute Gasteiger partial charge is 0.131 e. The molecule has 5 rings (SSSR count). The summed E-state index contributed by atoms with van der Waals surface area (Å²) in [7, 11) is 1.67. The van der Waals surface area contributed by atoms with Gasteiger partial charge in [-0.1, -0.05) is 74.0 Å². The van der Waals surface area contributed by atoms with Crippen LogP contribution in [0.15, 0.2) is 78.9 Å². The molecule has 3 nitrogen and oxygen atoms in total. The van der Waals surface area contributed by atoms with Gasteiger partial charge in [0, 0.05) is 16.7 Å². The highest BCUT2D eigenvalue weighted by molar-refractivity contribution is 7.00. The minimum absolute atomic E-state index is 0.209. The molecule has 0 aliphatic carbocycles. The Morgan fingerprint density at radius 1 is 0.735 bits per heavy atom. The van der Waals surface area contributed by atoms with Gasteiger partial charge in [-0.15, -0.1) is 0 Å². The normalized spacial score (nSPS) is 11.1. The van der Waals surface area contributed by atoms with E-state index in [2.05, 4.69) is 39.9 Å². The summed E-state index contributed by atoms with van der Waals surface area (Å²) in [6.45, 7) is 2.14. The van der Waals surface area contributed by atoms with E-state index in [0.29, 0.717) is 5.56 Å². The first-order chi connectivity index (χ1) is 16.7. The molecule has 170 valence electrons. The standard InChI is InChI=1S/C29H25FN2OS/c1-3-4-5-19-6-15-25(27(30)18-19)26-17-16-24(28-29(26)32-34-31-28)22-9-7-20(8-10-22)21-11-13-23(33-2)14-12-21/h6-18H,3-5H2,1-2H3. The summed E-state index contributed by atoms with van der Waals surface area (Å²) < 4.78 is 29.4. The van der Waals surface area contributed by atoms with Crippen LogP contribution in [0.5, 0.6) is 5.75 Å². The second kappa shape index (κ2) is 9.74. The first-order valence-electron chi connectivity index (χ1n) is 11.5. The fourth-order valence-corrected chi connectivity index (χ4v) is 4.83. The van der Waals surface area contributed by atoms with Crippen molar-refractivity contribution in [3.8, 4) is 39.1 Å². The number of fused-ring (bicyclic) bond motifs is 1. The van der Waals surface area contributed by atoms with Crippen LogP contribution < -0.4 is 4.74 Å². The third-order valence-electron chi connectivity index (χ3n) is 6.18. The van der Waals surface area contributed by atoms with Gasteiger partial charge in [-0.3, -0.25) is 0 Å². The van der Waals surface area contributed by atoms with Crippen molar-refractivity contribution in [2.24, 2.45) is 0 Å². The van der Waals surface area contributed by atoms with Crippen molar-refractivity contribution in [1.82, 2.24) is 8.75 Å². The van der Waals surface area contributed by atoms with Crippen LogP contribution in [0.2, 0.25) is 0 Å². The van der Waals surface area contributed by atoms with E-state index >= 15 is 4.39 Å². The molecule has 34 heavy (non-hydrogen) atoms. The number of halogens is 1. The maximum atomic E-state index is 15.0. The monoisotopic (exact) mass is 468 g/mol. The molecule has 0 amide bonds. The van der Waals surface area contributed by atoms with Crippen LogP contribution in [-0.2, 0) is 6.42 Å². The fourth-order valence-electron chi connectivity index (χ4n) is 4.26. The third kappa shape index (κ3) is 4.31. The lowest BCUT2D eigenvalue weighted by Crippen LogP contribution is -1.92. The number of aromatic nitrogens is 2. The number of unbranched alkanes of at least 4 members (excludes halogenated alkanes) is 1. The number of ether oxygens (including phenoxy) is 1. The topological polar surface area (TPSA) is 35.0 Å². The van der Waals surface area contributed by atoms with Crippen LogP contribution in [0, 0.1) is 5.82 Å². The Morgan fingerprint density at radius 3 is 1.97 bits per heavy atom. The van der Waals surface area contributed by atoms with E-state index in [4.69, 9.17) is 4.74 Å². The molecule has 0 N–H and O–H groups in total. The maximum Gasteiger partial charge on any atom is 0.131 e. The third-order valence-corrected chi connectivity index (χ3v) is 6.71. The summed E-state index contributed by atoms with van der Waals surface area (Å²) in [5.74, 6) is 0.630. The van der Waals surface area contributed by atoms with E-state index in [0.717, 1.165) is 81.2 Å². The predicted octanol–water partition coefficient (Wildman–Crippen LogP) is 8.18. The molecule has 0 saturated carbocycles. The molecule has 0 unspecified atom stereocenters. The van der Waals surface area contributed by atoms with Crippen molar-refractivity contribution in [2.75, 3.05) is 7.11 Å². The highest BCUT2D eigenvalue weighted by Gasteiger charge is 2.16. The van der Waals surface area contributed by atoms with Gasteiger partial charge in [-0.25, -0.2) is 4.39 Å². The van der Waals surface area contributed by atoms with Gasteiger partial charge >= 0.3 is 0 Å². The number of hydrogen-bond donors (Lipinski definition) is 0. The Kier molecular flexibility index (Phi) is 6.37. The van der Waals surface area contributed by atoms with E-state index in [1.807, 2.05) is 48.5 Å². The summed E-state index contributed by atoms with van der Waals surface area (Å²) in [6.07, 6.45) is 3.05. The van der Waals surface area contributed by atoms with Crippen molar-refractivity contribution in [2.45, 2.75) is 26.2 Å². The molecule has 0 aliphatic rings. The van der Waals surface area contributed by atoms with Gasteiger partial charge < -0.3 is 4.74 Å². The Bertz CT molecular complexity index is 1430. The number of rotatable bonds is 7. The first kappa shape index (κ1) is 22.2. The lowest BCUT2D eigenvalue weighted by Gasteiger charge is -2.10. The summed E-state index contributed by atoms with van der Waals surface area (Å²) in [4.78, 5) is 0. The average Bonchev–Trinajstić information content (AvgIpc) is 3.38. The molecule has 0 radical (unpaired) electrons. The fraction of sp³-hybridized carbons (Fsp3) is 0.172. The SMILES string of the molecule is CCCCc1ccc(-c2ccc(-c3ccc(-c4ccc(OC)cc4)cc3)c3nsnc23)c(F)c1. The van der Waals surface area contributed by atoms with Crippen LogP contribution in [-0.4, -0.2) is 15.9 Å². The molecule has 5 heteroatoms. The molecule has 0 aliphatic heterocycles. The van der Waals surface area contributed by atoms with Crippen LogP contribution in [0.4, 0.5) is 4.39 Å². The van der Waals surface area contributed by atoms with Crippen molar-refractivity contribution in [3.63, 3.8) is 0 Å². The van der Waals surface area contributed by atoms with Crippen molar-refractivity contribution >= 4 is 22.8 Å². The van der Waals surface area contributed by atoms with Gasteiger partial charge in [0.15, 0.2) is 0 Å². The Balaban J connectivity index is 1.48. The van der Waals surface area contributed by atoms with Crippen LogP contribution in [0.25, 0.3) is 44.4 Å². The Hall–Kier alpha value is -3.57. The van der Waals surface area contributed by atoms with Crippen molar-refractivity contribution < 1.29 is 9.13 Å². The molecule has 5 aromatic rings. The van der Waals surface area contributed by atoms with Crippen molar-refractivity contribution in [1.29, 1.82) is 0 Å². The molecule has 0 spiro atoms. The summed E-state index contributed by atoms with van der Waals surface area (Å²) in [6, 6.07) is 25.9. The maximum absolute atomic E-state index is 15.0. The molecular formula is C29H25FN2OS. The van der Waals surface area contributed by atoms with Crippen molar-refractivity contribution in [3.05, 3.63) is 90.2 Å². The Morgan fingerprint density at radius 2 is 1.32 bits per heavy atom. The summed E-state index contributed by atoms with van der Waals surface area (Å²) >= 11 is 1.16. The van der Waals surface area contributed by atoms with E-state index in [9.17, 15) is 0 Å².